The van der Waals surface area contributed by atoms with E-state index in [1.165, 1.54) is 5.56 Å². The van der Waals surface area contributed by atoms with Crippen LogP contribution in [0.4, 0.5) is 0 Å². The highest BCUT2D eigenvalue weighted by Crippen LogP contribution is 2.50. The second-order valence-corrected chi connectivity index (χ2v) is 5.47. The maximum Gasteiger partial charge on any atom is 0.233 e. The smallest absolute Gasteiger partial charge is 0.233 e. The Kier molecular flexibility index (Phi) is 2.86. The molecule has 0 saturated heterocycles. The van der Waals surface area contributed by atoms with Gasteiger partial charge in [0, 0.05) is 19.1 Å². The van der Waals surface area contributed by atoms with E-state index in [1.807, 2.05) is 23.1 Å². The fourth-order valence-electron chi connectivity index (χ4n) is 2.76. The van der Waals surface area contributed by atoms with E-state index < -0.39 is 0 Å². The molecule has 1 amide bonds. The van der Waals surface area contributed by atoms with E-state index in [0.717, 1.165) is 25.7 Å². The number of carbonyl (C=O) groups excluding carboxylic acids is 1. The van der Waals surface area contributed by atoms with Crippen LogP contribution in [-0.2, 0) is 10.2 Å². The molecule has 0 radical (unpaired) electrons. The highest BCUT2D eigenvalue weighted by atomic mass is 16.2. The summed E-state index contributed by atoms with van der Waals surface area (Å²) in [6.45, 7) is 1.27. The van der Waals surface area contributed by atoms with Crippen molar-refractivity contribution >= 4 is 5.91 Å². The van der Waals surface area contributed by atoms with E-state index in [-0.39, 0.29) is 5.41 Å². The summed E-state index contributed by atoms with van der Waals surface area (Å²) in [7, 11) is 0. The summed E-state index contributed by atoms with van der Waals surface area (Å²) in [6.07, 6.45) is 4.28. The van der Waals surface area contributed by atoms with E-state index in [9.17, 15) is 4.79 Å². The number of nitrogens with zero attached hydrogens (tertiary/aromatic N) is 1. The SMILES string of the molecule is NCCN(C(=O)C1(c2ccccc2)CC1)C1CC1. The fraction of sp³-hybridized carbons (Fsp3) is 0.533. The first kappa shape index (κ1) is 11.7. The predicted octanol–water partition coefficient (Wildman–Crippen LogP) is 1.67. The van der Waals surface area contributed by atoms with Gasteiger partial charge < -0.3 is 10.6 Å². The molecule has 18 heavy (non-hydrogen) atoms. The van der Waals surface area contributed by atoms with Crippen molar-refractivity contribution in [3.8, 4) is 0 Å². The van der Waals surface area contributed by atoms with E-state index in [2.05, 4.69) is 12.1 Å². The molecule has 3 rings (SSSR count). The summed E-state index contributed by atoms with van der Waals surface area (Å²) in [5.74, 6) is 0.307. The van der Waals surface area contributed by atoms with Crippen molar-refractivity contribution in [3.63, 3.8) is 0 Å². The molecule has 2 N–H and O–H groups in total. The lowest BCUT2D eigenvalue weighted by atomic mass is 9.94. The number of nitrogens with two attached hydrogens (primary N) is 1. The zero-order chi connectivity index (χ0) is 12.6. The van der Waals surface area contributed by atoms with Gasteiger partial charge in [0.15, 0.2) is 0 Å². The number of hydrogen-bond acceptors (Lipinski definition) is 2. The molecule has 96 valence electrons. The summed E-state index contributed by atoms with van der Waals surface area (Å²) in [6, 6.07) is 10.7. The van der Waals surface area contributed by atoms with Gasteiger partial charge in [0.1, 0.15) is 0 Å². The molecule has 2 aliphatic carbocycles. The number of rotatable bonds is 5. The predicted molar refractivity (Wildman–Crippen MR) is 71.1 cm³/mol. The Labute approximate surface area is 108 Å². The van der Waals surface area contributed by atoms with Gasteiger partial charge in [0.2, 0.25) is 5.91 Å². The molecule has 2 fully saturated rings. The van der Waals surface area contributed by atoms with Gasteiger partial charge in [0.05, 0.1) is 5.41 Å². The van der Waals surface area contributed by atoms with Crippen molar-refractivity contribution in [2.75, 3.05) is 13.1 Å². The number of carbonyl (C=O) groups is 1. The Morgan fingerprint density at radius 2 is 1.94 bits per heavy atom. The minimum absolute atomic E-state index is 0.223. The standard InChI is InChI=1S/C15H20N2O/c16-10-11-17(13-6-7-13)14(18)15(8-9-15)12-4-2-1-3-5-12/h1-5,13H,6-11,16H2. The van der Waals surface area contributed by atoms with Gasteiger partial charge in [-0.25, -0.2) is 0 Å². The zero-order valence-corrected chi connectivity index (χ0v) is 10.6. The minimum Gasteiger partial charge on any atom is -0.338 e. The topological polar surface area (TPSA) is 46.3 Å². The molecule has 0 bridgehead atoms. The fourth-order valence-corrected chi connectivity index (χ4v) is 2.76. The minimum atomic E-state index is -0.223. The maximum absolute atomic E-state index is 12.8. The quantitative estimate of drug-likeness (QED) is 0.856. The molecule has 0 spiro atoms. The third kappa shape index (κ3) is 1.93. The van der Waals surface area contributed by atoms with Crippen LogP contribution in [0.5, 0.6) is 0 Å². The van der Waals surface area contributed by atoms with E-state index in [1.54, 1.807) is 0 Å². The van der Waals surface area contributed by atoms with Gasteiger partial charge >= 0.3 is 0 Å². The van der Waals surface area contributed by atoms with Crippen LogP contribution in [0.25, 0.3) is 0 Å². The molecule has 0 unspecified atom stereocenters. The highest BCUT2D eigenvalue weighted by molar-refractivity contribution is 5.91. The lowest BCUT2D eigenvalue weighted by Gasteiger charge is -2.27. The second kappa shape index (κ2) is 4.39. The first-order valence-electron chi connectivity index (χ1n) is 6.84. The van der Waals surface area contributed by atoms with Crippen molar-refractivity contribution in [2.24, 2.45) is 5.73 Å². The molecule has 0 atom stereocenters. The number of amides is 1. The van der Waals surface area contributed by atoms with Crippen LogP contribution >= 0.6 is 0 Å². The zero-order valence-electron chi connectivity index (χ0n) is 10.6. The maximum atomic E-state index is 12.8. The van der Waals surface area contributed by atoms with Gasteiger partial charge in [-0.3, -0.25) is 4.79 Å². The molecule has 2 saturated carbocycles. The summed E-state index contributed by atoms with van der Waals surface area (Å²) >= 11 is 0. The Morgan fingerprint density at radius 3 is 2.44 bits per heavy atom. The molecule has 2 aliphatic rings. The first-order chi connectivity index (χ1) is 8.78. The molecule has 0 aromatic heterocycles. The molecule has 1 aromatic rings. The molecule has 0 aliphatic heterocycles. The number of benzene rings is 1. The molecular formula is C15H20N2O. The van der Waals surface area contributed by atoms with E-state index >= 15 is 0 Å². The third-order valence-corrected chi connectivity index (χ3v) is 4.10. The van der Waals surface area contributed by atoms with Crippen molar-refractivity contribution < 1.29 is 4.79 Å². The van der Waals surface area contributed by atoms with Crippen LogP contribution in [0.2, 0.25) is 0 Å². The van der Waals surface area contributed by atoms with Crippen LogP contribution in [-0.4, -0.2) is 29.9 Å². The summed E-state index contributed by atoms with van der Waals surface area (Å²) in [5, 5.41) is 0. The number of hydrogen-bond donors (Lipinski definition) is 1. The second-order valence-electron chi connectivity index (χ2n) is 5.47. The average molecular weight is 244 g/mol. The van der Waals surface area contributed by atoms with Crippen LogP contribution in [0, 0.1) is 0 Å². The lowest BCUT2D eigenvalue weighted by molar-refractivity contribution is -0.134. The molecule has 3 heteroatoms. The molecular weight excluding hydrogens is 224 g/mol. The van der Waals surface area contributed by atoms with Crippen molar-refractivity contribution in [3.05, 3.63) is 35.9 Å². The van der Waals surface area contributed by atoms with Crippen molar-refractivity contribution in [2.45, 2.75) is 37.1 Å². The third-order valence-electron chi connectivity index (χ3n) is 4.10. The van der Waals surface area contributed by atoms with Gasteiger partial charge in [0.25, 0.3) is 0 Å². The van der Waals surface area contributed by atoms with Crippen LogP contribution < -0.4 is 5.73 Å². The van der Waals surface area contributed by atoms with Crippen LogP contribution in [0.1, 0.15) is 31.2 Å². The van der Waals surface area contributed by atoms with Crippen LogP contribution in [0.15, 0.2) is 30.3 Å². The summed E-state index contributed by atoms with van der Waals surface area (Å²) < 4.78 is 0. The van der Waals surface area contributed by atoms with Gasteiger partial charge in [-0.2, -0.15) is 0 Å². The van der Waals surface area contributed by atoms with Gasteiger partial charge in [-0.15, -0.1) is 0 Å². The highest BCUT2D eigenvalue weighted by Gasteiger charge is 2.54. The Bertz CT molecular complexity index is 435. The van der Waals surface area contributed by atoms with Gasteiger partial charge in [-0.05, 0) is 31.2 Å². The Hall–Kier alpha value is -1.35. The first-order valence-corrected chi connectivity index (χ1v) is 6.84. The monoisotopic (exact) mass is 244 g/mol. The average Bonchev–Trinajstić information content (AvgIpc) is 3.30. The Balaban J connectivity index is 1.83. The molecule has 0 heterocycles. The van der Waals surface area contributed by atoms with E-state index in [0.29, 0.717) is 25.0 Å². The van der Waals surface area contributed by atoms with E-state index in [4.69, 9.17) is 5.73 Å². The molecule has 3 nitrogen and oxygen atoms in total. The normalized spacial score (nSPS) is 20.5. The Morgan fingerprint density at radius 1 is 1.28 bits per heavy atom. The summed E-state index contributed by atoms with van der Waals surface area (Å²) in [4.78, 5) is 14.8. The van der Waals surface area contributed by atoms with Crippen LogP contribution in [0.3, 0.4) is 0 Å². The van der Waals surface area contributed by atoms with Gasteiger partial charge in [-0.1, -0.05) is 30.3 Å². The van der Waals surface area contributed by atoms with Crippen molar-refractivity contribution in [1.29, 1.82) is 0 Å². The molecule has 1 aromatic carbocycles. The lowest BCUT2D eigenvalue weighted by Crippen LogP contribution is -2.43. The summed E-state index contributed by atoms with van der Waals surface area (Å²) in [5.41, 5.74) is 6.60. The van der Waals surface area contributed by atoms with Crippen molar-refractivity contribution in [1.82, 2.24) is 4.90 Å². The largest absolute Gasteiger partial charge is 0.338 e.